The molecule has 1 saturated heterocycles. The molecule has 1 fully saturated rings. The van der Waals surface area contributed by atoms with E-state index in [0.717, 1.165) is 19.4 Å². The Morgan fingerprint density at radius 2 is 2.03 bits per heavy atom. The van der Waals surface area contributed by atoms with Gasteiger partial charge in [-0.2, -0.15) is 4.98 Å². The normalized spacial score (nSPS) is 17.6. The number of rotatable bonds is 3. The number of amides is 2. The number of ether oxygens (including phenoxy) is 1. The van der Waals surface area contributed by atoms with Gasteiger partial charge in [0.1, 0.15) is 23.1 Å². The fourth-order valence-corrected chi connectivity index (χ4v) is 5.32. The van der Waals surface area contributed by atoms with Gasteiger partial charge in [-0.3, -0.25) is 0 Å². The third-order valence-electron chi connectivity index (χ3n) is 5.67. The summed E-state index contributed by atoms with van der Waals surface area (Å²) in [5.74, 6) is 1.03. The number of benzene rings is 1. The fraction of sp³-hybridized carbons (Fsp3) is 0.364. The van der Waals surface area contributed by atoms with Gasteiger partial charge in [-0.1, -0.05) is 0 Å². The summed E-state index contributed by atoms with van der Waals surface area (Å²) < 4.78 is 20.8. The zero-order chi connectivity index (χ0) is 24.0. The number of urea groups is 1. The molecule has 0 spiro atoms. The van der Waals surface area contributed by atoms with Crippen molar-refractivity contribution < 1.29 is 13.9 Å². The molecule has 9 nitrogen and oxygen atoms in total. The first-order chi connectivity index (χ1) is 16.2. The molecule has 3 N–H and O–H groups in total. The van der Waals surface area contributed by atoms with Crippen molar-refractivity contribution in [2.45, 2.75) is 19.4 Å². The summed E-state index contributed by atoms with van der Waals surface area (Å²) >= 11 is 3.50. The topological polar surface area (TPSA) is 109 Å². The molecule has 2 aliphatic rings. The van der Waals surface area contributed by atoms with Crippen molar-refractivity contribution in [2.75, 3.05) is 48.7 Å². The third kappa shape index (κ3) is 4.48. The molecule has 178 valence electrons. The largest absolute Gasteiger partial charge is 0.475 e. The van der Waals surface area contributed by atoms with Gasteiger partial charge in [0, 0.05) is 35.1 Å². The van der Waals surface area contributed by atoms with Crippen LogP contribution < -0.4 is 16.0 Å². The molecule has 0 saturated carbocycles. The minimum atomic E-state index is -0.456. The molecule has 3 aromatic rings. The molecule has 0 atom stereocenters. The van der Waals surface area contributed by atoms with Gasteiger partial charge in [0.05, 0.1) is 22.2 Å². The number of nitrogen functional groups attached to an aromatic ring is 1. The first kappa shape index (κ1) is 23.0. The van der Waals surface area contributed by atoms with E-state index < -0.39 is 5.82 Å². The van der Waals surface area contributed by atoms with Crippen LogP contribution in [0.2, 0.25) is 0 Å². The van der Waals surface area contributed by atoms with Crippen LogP contribution in [0.25, 0.3) is 10.2 Å². The van der Waals surface area contributed by atoms with Crippen molar-refractivity contribution in [1.82, 2.24) is 14.9 Å². The molecule has 1 aromatic carbocycles. The van der Waals surface area contributed by atoms with Gasteiger partial charge < -0.3 is 25.6 Å². The fourth-order valence-electron chi connectivity index (χ4n) is 3.95. The van der Waals surface area contributed by atoms with E-state index in [4.69, 9.17) is 15.5 Å². The smallest absolute Gasteiger partial charge is 0.322 e. The minimum absolute atomic E-state index is 0.168. The Morgan fingerprint density at radius 1 is 1.26 bits per heavy atom. The second-order valence-electron chi connectivity index (χ2n) is 8.78. The number of fused-ring (bicyclic) bond motifs is 1. The standard InChI is InChI=1S/C22H23FIN7O2S/c1-22(2)11-33-18(29-22)13-10-34-19-16(13)17(27-20(25)28-19)30-5-7-31(8-6-30)21(32)26-15-4-3-12(24)9-14(15)23/h3-4,9-10H,5-8,11H2,1-2H3,(H,26,32)(H2,25,27,28). The summed E-state index contributed by atoms with van der Waals surface area (Å²) in [5.41, 5.74) is 6.75. The number of thiophene rings is 1. The number of halogens is 2. The Bertz CT molecular complexity index is 1300. The molecule has 4 heterocycles. The van der Waals surface area contributed by atoms with E-state index in [1.165, 1.54) is 17.4 Å². The van der Waals surface area contributed by atoms with E-state index in [1.54, 1.807) is 17.0 Å². The lowest BCUT2D eigenvalue weighted by Crippen LogP contribution is -2.50. The maximum atomic E-state index is 14.1. The van der Waals surface area contributed by atoms with Crippen molar-refractivity contribution in [3.8, 4) is 0 Å². The molecule has 0 bridgehead atoms. The van der Waals surface area contributed by atoms with Gasteiger partial charge in [0.2, 0.25) is 11.8 Å². The van der Waals surface area contributed by atoms with E-state index in [2.05, 4.69) is 20.2 Å². The molecular weight excluding hydrogens is 572 g/mol. The van der Waals surface area contributed by atoms with E-state index in [1.807, 2.05) is 41.8 Å². The molecular formula is C22H23FIN7O2S. The monoisotopic (exact) mass is 595 g/mol. The minimum Gasteiger partial charge on any atom is -0.475 e. The number of nitrogens with zero attached hydrogens (tertiary/aromatic N) is 5. The van der Waals surface area contributed by atoms with Crippen LogP contribution >= 0.6 is 33.9 Å². The number of nitrogens with one attached hydrogen (secondary N) is 1. The predicted octanol–water partition coefficient (Wildman–Crippen LogP) is 3.93. The van der Waals surface area contributed by atoms with Gasteiger partial charge >= 0.3 is 6.03 Å². The Labute approximate surface area is 213 Å². The summed E-state index contributed by atoms with van der Waals surface area (Å²) in [5, 5.41) is 5.49. The van der Waals surface area contributed by atoms with Gasteiger partial charge in [0.15, 0.2) is 0 Å². The number of nitrogens with two attached hydrogens (primary N) is 1. The second kappa shape index (κ2) is 8.80. The Kier molecular flexibility index (Phi) is 5.96. The first-order valence-corrected chi connectivity index (χ1v) is 12.7. The van der Waals surface area contributed by atoms with E-state index >= 15 is 0 Å². The molecule has 0 unspecified atom stereocenters. The number of anilines is 3. The quantitative estimate of drug-likeness (QED) is 0.445. The number of hydrogen-bond donors (Lipinski definition) is 2. The number of piperazine rings is 1. The Balaban J connectivity index is 1.35. The molecule has 5 rings (SSSR count). The van der Waals surface area contributed by atoms with Crippen LogP contribution in [0.1, 0.15) is 19.4 Å². The van der Waals surface area contributed by atoms with E-state index in [-0.39, 0.29) is 23.2 Å². The van der Waals surface area contributed by atoms with Crippen LogP contribution in [-0.2, 0) is 4.74 Å². The van der Waals surface area contributed by atoms with Crippen molar-refractivity contribution in [1.29, 1.82) is 0 Å². The van der Waals surface area contributed by atoms with Crippen LogP contribution in [0.15, 0.2) is 28.6 Å². The average Bonchev–Trinajstić information content (AvgIpc) is 3.37. The average molecular weight is 595 g/mol. The van der Waals surface area contributed by atoms with Gasteiger partial charge in [-0.15, -0.1) is 11.3 Å². The number of carbonyl (C=O) groups excluding carboxylic acids is 1. The van der Waals surface area contributed by atoms with Gasteiger partial charge in [-0.25, -0.2) is 19.2 Å². The van der Waals surface area contributed by atoms with Crippen molar-refractivity contribution >= 4 is 73.5 Å². The SMILES string of the molecule is CC1(C)COC(c2csc3nc(N)nc(N4CCN(C(=O)Nc5ccc(I)cc5F)CC4)c23)=N1. The Morgan fingerprint density at radius 3 is 2.71 bits per heavy atom. The van der Waals surface area contributed by atoms with Crippen LogP contribution in [0.5, 0.6) is 0 Å². The maximum Gasteiger partial charge on any atom is 0.322 e. The summed E-state index contributed by atoms with van der Waals surface area (Å²) in [4.78, 5) is 30.9. The molecule has 0 aliphatic carbocycles. The van der Waals surface area contributed by atoms with Crippen molar-refractivity contribution in [2.24, 2.45) is 4.99 Å². The highest BCUT2D eigenvalue weighted by molar-refractivity contribution is 14.1. The second-order valence-corrected chi connectivity index (χ2v) is 10.9. The number of carbonyl (C=O) groups is 1. The van der Waals surface area contributed by atoms with Crippen LogP contribution in [0.4, 0.5) is 26.6 Å². The molecule has 12 heteroatoms. The predicted molar refractivity (Wildman–Crippen MR) is 140 cm³/mol. The highest BCUT2D eigenvalue weighted by Gasteiger charge is 2.31. The van der Waals surface area contributed by atoms with E-state index in [0.29, 0.717) is 44.5 Å². The highest BCUT2D eigenvalue weighted by Crippen LogP contribution is 2.35. The maximum absolute atomic E-state index is 14.1. The zero-order valence-corrected chi connectivity index (χ0v) is 21.6. The highest BCUT2D eigenvalue weighted by atomic mass is 127. The summed E-state index contributed by atoms with van der Waals surface area (Å²) in [6.45, 7) is 6.55. The van der Waals surface area contributed by atoms with Crippen molar-refractivity contribution in [3.63, 3.8) is 0 Å². The molecule has 34 heavy (non-hydrogen) atoms. The summed E-state index contributed by atoms with van der Waals surface area (Å²) in [6, 6.07) is 4.37. The van der Waals surface area contributed by atoms with Crippen LogP contribution in [-0.4, -0.2) is 65.1 Å². The van der Waals surface area contributed by atoms with Gasteiger partial charge in [0.25, 0.3) is 0 Å². The molecule has 0 radical (unpaired) electrons. The zero-order valence-electron chi connectivity index (χ0n) is 18.6. The van der Waals surface area contributed by atoms with Crippen LogP contribution in [0, 0.1) is 9.39 Å². The van der Waals surface area contributed by atoms with Crippen LogP contribution in [0.3, 0.4) is 0 Å². The lowest BCUT2D eigenvalue weighted by atomic mass is 10.1. The number of aromatic nitrogens is 2. The lowest BCUT2D eigenvalue weighted by molar-refractivity contribution is 0.208. The lowest BCUT2D eigenvalue weighted by Gasteiger charge is -2.35. The van der Waals surface area contributed by atoms with Gasteiger partial charge in [-0.05, 0) is 54.6 Å². The third-order valence-corrected chi connectivity index (χ3v) is 7.21. The Hall–Kier alpha value is -2.74. The number of hydrogen-bond acceptors (Lipinski definition) is 8. The number of aliphatic imine (C=N–C) groups is 1. The molecule has 2 aromatic heterocycles. The molecule has 2 aliphatic heterocycles. The first-order valence-electron chi connectivity index (χ1n) is 10.7. The molecule has 2 amide bonds. The summed E-state index contributed by atoms with van der Waals surface area (Å²) in [6.07, 6.45) is 0. The van der Waals surface area contributed by atoms with Crippen molar-refractivity contribution in [3.05, 3.63) is 38.5 Å². The summed E-state index contributed by atoms with van der Waals surface area (Å²) in [7, 11) is 0. The van der Waals surface area contributed by atoms with E-state index in [9.17, 15) is 9.18 Å².